The van der Waals surface area contributed by atoms with Crippen LogP contribution in [-0.4, -0.2) is 21.2 Å². The van der Waals surface area contributed by atoms with Crippen molar-refractivity contribution in [3.8, 4) is 11.5 Å². The Balaban J connectivity index is 1.50. The smallest absolute Gasteiger partial charge is 0.291 e. The summed E-state index contributed by atoms with van der Waals surface area (Å²) in [4.78, 5) is 17.5. The minimum absolute atomic E-state index is 0.269. The van der Waals surface area contributed by atoms with E-state index in [-0.39, 0.29) is 18.0 Å². The lowest BCUT2D eigenvalue weighted by Gasteiger charge is -2.24. The zero-order valence-corrected chi connectivity index (χ0v) is 14.6. The van der Waals surface area contributed by atoms with Crippen molar-refractivity contribution >= 4 is 22.4 Å². The fraction of sp³-hybridized carbons (Fsp3) is 0.105. The summed E-state index contributed by atoms with van der Waals surface area (Å²) in [5, 5.41) is 4.29. The van der Waals surface area contributed by atoms with E-state index in [2.05, 4.69) is 10.1 Å². The van der Waals surface area contributed by atoms with Crippen molar-refractivity contribution in [1.29, 1.82) is 0 Å². The molecule has 1 aliphatic rings. The number of hydrogen-bond donors (Lipinski definition) is 0. The van der Waals surface area contributed by atoms with Gasteiger partial charge in [-0.3, -0.25) is 4.79 Å². The number of hydrogen-bond acceptors (Lipinski definition) is 6. The topological polar surface area (TPSA) is 65.7 Å². The lowest BCUT2D eigenvalue weighted by Crippen LogP contribution is -2.26. The van der Waals surface area contributed by atoms with E-state index >= 15 is 0 Å². The van der Waals surface area contributed by atoms with Crippen molar-refractivity contribution in [3.63, 3.8) is 0 Å². The van der Waals surface area contributed by atoms with Gasteiger partial charge in [0.15, 0.2) is 23.4 Å². The summed E-state index contributed by atoms with van der Waals surface area (Å²) in [7, 11) is 0. The first-order chi connectivity index (χ1) is 13.2. The maximum Gasteiger partial charge on any atom is 0.291 e. The fourth-order valence-corrected chi connectivity index (χ4v) is 3.79. The summed E-state index contributed by atoms with van der Waals surface area (Å²) < 4.78 is 26.6. The summed E-state index contributed by atoms with van der Waals surface area (Å²) >= 11 is 1.20. The van der Waals surface area contributed by atoms with Crippen LogP contribution >= 0.6 is 11.3 Å². The number of benzene rings is 2. The van der Waals surface area contributed by atoms with Crippen LogP contribution in [0.15, 0.2) is 53.3 Å². The van der Waals surface area contributed by atoms with Crippen LogP contribution in [0.5, 0.6) is 11.5 Å². The molecule has 2 aromatic carbocycles. The molecule has 6 nitrogen and oxygen atoms in total. The predicted molar refractivity (Wildman–Crippen MR) is 97.6 cm³/mol. The predicted octanol–water partition coefficient (Wildman–Crippen LogP) is 2.35. The summed E-state index contributed by atoms with van der Waals surface area (Å²) in [6.45, 7) is 0.269. The quantitative estimate of drug-likeness (QED) is 0.533. The molecule has 0 fully saturated rings. The van der Waals surface area contributed by atoms with Crippen molar-refractivity contribution in [1.82, 2.24) is 14.6 Å². The first-order valence-electron chi connectivity index (χ1n) is 8.23. The van der Waals surface area contributed by atoms with E-state index in [0.717, 1.165) is 0 Å². The first-order valence-corrected chi connectivity index (χ1v) is 9.04. The Kier molecular flexibility index (Phi) is 3.64. The third kappa shape index (κ3) is 2.83. The highest BCUT2D eigenvalue weighted by Crippen LogP contribution is 2.35. The second-order valence-corrected chi connectivity index (χ2v) is 7.01. The maximum atomic E-state index is 13.3. The molecule has 0 unspecified atom stereocenters. The Labute approximate surface area is 156 Å². The van der Waals surface area contributed by atoms with Crippen molar-refractivity contribution in [2.45, 2.75) is 6.10 Å². The second kappa shape index (κ2) is 6.17. The Morgan fingerprint density at radius 1 is 1.19 bits per heavy atom. The van der Waals surface area contributed by atoms with Gasteiger partial charge in [-0.15, -0.1) is 5.10 Å². The van der Waals surface area contributed by atoms with Gasteiger partial charge in [0.1, 0.15) is 12.4 Å². The highest BCUT2D eigenvalue weighted by molar-refractivity contribution is 7.15. The molecule has 134 valence electrons. The lowest BCUT2D eigenvalue weighted by atomic mass is 10.2. The van der Waals surface area contributed by atoms with E-state index in [1.165, 1.54) is 28.0 Å². The summed E-state index contributed by atoms with van der Waals surface area (Å²) in [5.74, 6) is 1.33. The van der Waals surface area contributed by atoms with Gasteiger partial charge in [-0.25, -0.2) is 4.39 Å². The highest BCUT2D eigenvalue weighted by Gasteiger charge is 2.27. The molecule has 0 saturated carbocycles. The fourth-order valence-electron chi connectivity index (χ4n) is 2.88. The Morgan fingerprint density at radius 3 is 2.85 bits per heavy atom. The third-order valence-corrected chi connectivity index (χ3v) is 5.10. The number of ether oxygens (including phenoxy) is 2. The van der Waals surface area contributed by atoms with E-state index in [1.807, 2.05) is 24.3 Å². The maximum absolute atomic E-state index is 13.3. The number of para-hydroxylation sites is 2. The molecule has 0 amide bonds. The molecule has 8 heteroatoms. The molecule has 3 heterocycles. The summed E-state index contributed by atoms with van der Waals surface area (Å²) in [6.07, 6.45) is 1.14. The largest absolute Gasteiger partial charge is 0.485 e. The zero-order chi connectivity index (χ0) is 18.4. The SMILES string of the molecule is O=c1/c(=C/c2cccc(F)c2)sc2nc([C@H]3COc4ccccc4O3)nn12. The van der Waals surface area contributed by atoms with Gasteiger partial charge in [-0.2, -0.15) is 9.50 Å². The second-order valence-electron chi connectivity index (χ2n) is 6.00. The van der Waals surface area contributed by atoms with Crippen LogP contribution < -0.4 is 19.6 Å². The summed E-state index contributed by atoms with van der Waals surface area (Å²) in [5.41, 5.74) is 0.313. The van der Waals surface area contributed by atoms with Crippen molar-refractivity contribution in [2.24, 2.45) is 0 Å². The summed E-state index contributed by atoms with van der Waals surface area (Å²) in [6, 6.07) is 13.4. The molecule has 27 heavy (non-hydrogen) atoms. The molecular formula is C19H12FN3O3S. The lowest BCUT2D eigenvalue weighted by molar-refractivity contribution is 0.0852. The molecule has 2 aromatic heterocycles. The van der Waals surface area contributed by atoms with Crippen LogP contribution in [-0.2, 0) is 0 Å². The van der Waals surface area contributed by atoms with E-state index in [1.54, 1.807) is 18.2 Å². The van der Waals surface area contributed by atoms with E-state index in [9.17, 15) is 9.18 Å². The Morgan fingerprint density at radius 2 is 2.04 bits per heavy atom. The number of thiazole rings is 1. The molecule has 0 saturated heterocycles. The van der Waals surface area contributed by atoms with Gasteiger partial charge in [0.05, 0.1) is 4.53 Å². The van der Waals surface area contributed by atoms with E-state index < -0.39 is 6.10 Å². The number of aromatic nitrogens is 3. The molecular weight excluding hydrogens is 369 g/mol. The molecule has 0 N–H and O–H groups in total. The molecule has 0 bridgehead atoms. The number of rotatable bonds is 2. The van der Waals surface area contributed by atoms with E-state index in [0.29, 0.717) is 32.4 Å². The van der Waals surface area contributed by atoms with Gasteiger partial charge in [0.25, 0.3) is 5.56 Å². The van der Waals surface area contributed by atoms with Crippen LogP contribution in [0.25, 0.3) is 11.0 Å². The third-order valence-electron chi connectivity index (χ3n) is 4.14. The average Bonchev–Trinajstić information content (AvgIpc) is 3.21. The molecule has 5 rings (SSSR count). The molecule has 0 radical (unpaired) electrons. The number of fused-ring (bicyclic) bond motifs is 2. The van der Waals surface area contributed by atoms with E-state index in [4.69, 9.17) is 9.47 Å². The van der Waals surface area contributed by atoms with Crippen molar-refractivity contribution in [3.05, 3.63) is 80.6 Å². The van der Waals surface area contributed by atoms with Gasteiger partial charge >= 0.3 is 0 Å². The van der Waals surface area contributed by atoms with Crippen molar-refractivity contribution < 1.29 is 13.9 Å². The number of nitrogens with zero attached hydrogens (tertiary/aromatic N) is 3. The first kappa shape index (κ1) is 16.0. The standard InChI is InChI=1S/C19H12FN3O3S/c20-12-5-3-4-11(8-12)9-16-18(24)23-19(27-16)21-17(22-23)15-10-25-13-6-1-2-7-14(13)26-15/h1-9,15H,10H2/b16-9-/t15-/m1/s1. The minimum Gasteiger partial charge on any atom is -0.485 e. The monoisotopic (exact) mass is 381 g/mol. The van der Waals surface area contributed by atoms with Crippen LogP contribution in [0, 0.1) is 5.82 Å². The van der Waals surface area contributed by atoms with Crippen molar-refractivity contribution in [2.75, 3.05) is 6.61 Å². The van der Waals surface area contributed by atoms with Crippen LogP contribution in [0.1, 0.15) is 17.5 Å². The molecule has 0 spiro atoms. The molecule has 1 aliphatic heterocycles. The van der Waals surface area contributed by atoms with Gasteiger partial charge in [0, 0.05) is 0 Å². The Bertz CT molecular complexity index is 1270. The Hall–Kier alpha value is -3.26. The van der Waals surface area contributed by atoms with Gasteiger partial charge in [-0.05, 0) is 35.9 Å². The van der Waals surface area contributed by atoms with Crippen LogP contribution in [0.2, 0.25) is 0 Å². The van der Waals surface area contributed by atoms with Gasteiger partial charge < -0.3 is 9.47 Å². The van der Waals surface area contributed by atoms with Gasteiger partial charge in [0.2, 0.25) is 4.96 Å². The zero-order valence-electron chi connectivity index (χ0n) is 13.8. The average molecular weight is 381 g/mol. The minimum atomic E-state index is -0.484. The van der Waals surface area contributed by atoms with Crippen LogP contribution in [0.4, 0.5) is 4.39 Å². The number of halogens is 1. The van der Waals surface area contributed by atoms with Crippen LogP contribution in [0.3, 0.4) is 0 Å². The molecule has 1 atom stereocenters. The van der Waals surface area contributed by atoms with Gasteiger partial charge in [-0.1, -0.05) is 35.6 Å². The normalized spacial score (nSPS) is 16.8. The highest BCUT2D eigenvalue weighted by atomic mass is 32.1. The molecule has 0 aliphatic carbocycles. The molecule has 4 aromatic rings.